The third kappa shape index (κ3) is 2.10. The fraction of sp³-hybridized carbons (Fsp3) is 0. The normalized spacial score (nSPS) is 10.1. The van der Waals surface area contributed by atoms with E-state index in [0.717, 1.165) is 11.3 Å². The highest BCUT2D eigenvalue weighted by Gasteiger charge is 2.02. The van der Waals surface area contributed by atoms with E-state index >= 15 is 0 Å². The monoisotopic (exact) mass is 245 g/mol. The van der Waals surface area contributed by atoms with Crippen LogP contribution in [0.25, 0.3) is 22.0 Å². The molecule has 0 fully saturated rings. The first-order valence-corrected chi connectivity index (χ1v) is 5.13. The Balaban J connectivity index is 0.00000108. The fourth-order valence-electron chi connectivity index (χ4n) is 1.84. The van der Waals surface area contributed by atoms with Gasteiger partial charge in [-0.25, -0.2) is 0 Å². The van der Waals surface area contributed by atoms with Crippen LogP contribution in [0, 0.1) is 0 Å². The number of halogens is 1. The fourth-order valence-corrected chi connectivity index (χ4v) is 1.84. The molecule has 1 heterocycles. The maximum atomic E-state index is 5.59. The van der Waals surface area contributed by atoms with Gasteiger partial charge in [0.1, 0.15) is 5.82 Å². The van der Waals surface area contributed by atoms with E-state index in [4.69, 9.17) is 5.73 Å². The predicted molar refractivity (Wildman–Crippen MR) is 73.2 cm³/mol. The van der Waals surface area contributed by atoms with E-state index in [1.54, 1.807) is 0 Å². The maximum Gasteiger partial charge on any atom is 0.145 e. The van der Waals surface area contributed by atoms with Crippen molar-refractivity contribution < 1.29 is 0 Å². The molecule has 0 aliphatic rings. The SMILES string of the molecule is Cl.Nc1cc(-c2ccc3ccccc3c2)[nH]n1. The smallest absolute Gasteiger partial charge is 0.145 e. The van der Waals surface area contributed by atoms with Gasteiger partial charge in [-0.1, -0.05) is 36.4 Å². The third-order valence-electron chi connectivity index (χ3n) is 2.66. The average Bonchev–Trinajstić information content (AvgIpc) is 2.75. The van der Waals surface area contributed by atoms with Gasteiger partial charge in [-0.05, 0) is 16.8 Å². The highest BCUT2D eigenvalue weighted by molar-refractivity contribution is 5.86. The first kappa shape index (κ1) is 11.5. The number of fused-ring (bicyclic) bond motifs is 1. The number of H-pyrrole nitrogens is 1. The van der Waals surface area contributed by atoms with E-state index < -0.39 is 0 Å². The van der Waals surface area contributed by atoms with Crippen molar-refractivity contribution in [1.82, 2.24) is 10.2 Å². The molecular weight excluding hydrogens is 234 g/mol. The van der Waals surface area contributed by atoms with Gasteiger partial charge in [0, 0.05) is 11.6 Å². The van der Waals surface area contributed by atoms with Gasteiger partial charge in [0.2, 0.25) is 0 Å². The maximum absolute atomic E-state index is 5.59. The zero-order chi connectivity index (χ0) is 11.0. The average molecular weight is 246 g/mol. The van der Waals surface area contributed by atoms with Gasteiger partial charge < -0.3 is 5.73 Å². The van der Waals surface area contributed by atoms with Gasteiger partial charge in [-0.3, -0.25) is 5.10 Å². The molecule has 17 heavy (non-hydrogen) atoms. The number of nitrogens with zero attached hydrogens (tertiary/aromatic N) is 1. The van der Waals surface area contributed by atoms with Crippen molar-refractivity contribution in [3.05, 3.63) is 48.5 Å². The van der Waals surface area contributed by atoms with Crippen LogP contribution in [0.15, 0.2) is 48.5 Å². The minimum absolute atomic E-state index is 0. The Hall–Kier alpha value is -2.00. The Morgan fingerprint density at radius 1 is 0.941 bits per heavy atom. The number of aromatic amines is 1. The molecule has 0 aliphatic heterocycles. The third-order valence-corrected chi connectivity index (χ3v) is 2.66. The summed E-state index contributed by atoms with van der Waals surface area (Å²) in [5, 5.41) is 9.29. The van der Waals surface area contributed by atoms with Crippen molar-refractivity contribution in [2.45, 2.75) is 0 Å². The first-order valence-electron chi connectivity index (χ1n) is 5.13. The van der Waals surface area contributed by atoms with Crippen LogP contribution < -0.4 is 5.73 Å². The Morgan fingerprint density at radius 2 is 1.71 bits per heavy atom. The van der Waals surface area contributed by atoms with Crippen LogP contribution in [0.5, 0.6) is 0 Å². The number of hydrogen-bond acceptors (Lipinski definition) is 2. The van der Waals surface area contributed by atoms with Crippen LogP contribution >= 0.6 is 12.4 Å². The van der Waals surface area contributed by atoms with Crippen molar-refractivity contribution in [3.63, 3.8) is 0 Å². The molecule has 0 bridgehead atoms. The summed E-state index contributed by atoms with van der Waals surface area (Å²) in [5.74, 6) is 0.517. The van der Waals surface area contributed by atoms with E-state index in [2.05, 4.69) is 40.5 Å². The second kappa shape index (κ2) is 4.47. The number of nitrogen functional groups attached to an aromatic ring is 1. The number of rotatable bonds is 1. The Morgan fingerprint density at radius 3 is 2.41 bits per heavy atom. The first-order chi connectivity index (χ1) is 7.83. The summed E-state index contributed by atoms with van der Waals surface area (Å²) in [4.78, 5) is 0. The summed E-state index contributed by atoms with van der Waals surface area (Å²) in [5.41, 5.74) is 7.63. The Bertz CT molecular complexity index is 646. The van der Waals surface area contributed by atoms with Crippen LogP contribution in [-0.4, -0.2) is 10.2 Å². The van der Waals surface area contributed by atoms with Crippen molar-refractivity contribution in [3.8, 4) is 11.3 Å². The van der Waals surface area contributed by atoms with Gasteiger partial charge in [0.15, 0.2) is 0 Å². The number of benzene rings is 2. The second-order valence-corrected chi connectivity index (χ2v) is 3.77. The number of nitrogens with one attached hydrogen (secondary N) is 1. The molecule has 3 N–H and O–H groups in total. The second-order valence-electron chi connectivity index (χ2n) is 3.77. The molecule has 3 rings (SSSR count). The van der Waals surface area contributed by atoms with E-state index in [-0.39, 0.29) is 12.4 Å². The summed E-state index contributed by atoms with van der Waals surface area (Å²) in [6.07, 6.45) is 0. The molecule has 0 amide bonds. The lowest BCUT2D eigenvalue weighted by Crippen LogP contribution is -1.81. The van der Waals surface area contributed by atoms with Gasteiger partial charge in [0.05, 0.1) is 5.69 Å². The lowest BCUT2D eigenvalue weighted by molar-refractivity contribution is 1.10. The molecule has 0 spiro atoms. The van der Waals surface area contributed by atoms with Crippen LogP contribution in [0.2, 0.25) is 0 Å². The molecule has 1 aromatic heterocycles. The molecule has 0 saturated carbocycles. The van der Waals surface area contributed by atoms with Crippen molar-refractivity contribution >= 4 is 29.0 Å². The summed E-state index contributed by atoms with van der Waals surface area (Å²) in [7, 11) is 0. The van der Waals surface area contributed by atoms with Crippen LogP contribution in [0.4, 0.5) is 5.82 Å². The Kier molecular flexibility index (Phi) is 3.02. The summed E-state index contributed by atoms with van der Waals surface area (Å²) < 4.78 is 0. The van der Waals surface area contributed by atoms with E-state index in [1.807, 2.05) is 18.2 Å². The molecule has 86 valence electrons. The number of nitrogens with two attached hydrogens (primary N) is 1. The van der Waals surface area contributed by atoms with Crippen LogP contribution in [-0.2, 0) is 0 Å². The van der Waals surface area contributed by atoms with E-state index in [1.165, 1.54) is 10.8 Å². The van der Waals surface area contributed by atoms with Crippen molar-refractivity contribution in [1.29, 1.82) is 0 Å². The van der Waals surface area contributed by atoms with Gasteiger partial charge in [0.25, 0.3) is 0 Å². The molecule has 3 nitrogen and oxygen atoms in total. The number of hydrogen-bond donors (Lipinski definition) is 2. The highest BCUT2D eigenvalue weighted by Crippen LogP contribution is 2.23. The lowest BCUT2D eigenvalue weighted by Gasteiger charge is -2.00. The quantitative estimate of drug-likeness (QED) is 0.692. The van der Waals surface area contributed by atoms with Gasteiger partial charge >= 0.3 is 0 Å². The minimum Gasteiger partial charge on any atom is -0.382 e. The largest absolute Gasteiger partial charge is 0.382 e. The zero-order valence-corrected chi connectivity index (χ0v) is 9.87. The highest BCUT2D eigenvalue weighted by atomic mass is 35.5. The standard InChI is InChI=1S/C13H11N3.ClH/c14-13-8-12(15-16-13)11-6-5-9-3-1-2-4-10(9)7-11;/h1-8H,(H3,14,15,16);1H. The summed E-state index contributed by atoms with van der Waals surface area (Å²) in [6, 6.07) is 16.4. The molecule has 2 aromatic carbocycles. The van der Waals surface area contributed by atoms with E-state index in [0.29, 0.717) is 5.82 Å². The minimum atomic E-state index is 0. The number of aromatic nitrogens is 2. The predicted octanol–water partition coefficient (Wildman–Crippen LogP) is 3.23. The zero-order valence-electron chi connectivity index (χ0n) is 9.05. The van der Waals surface area contributed by atoms with Crippen molar-refractivity contribution in [2.24, 2.45) is 0 Å². The summed E-state index contributed by atoms with van der Waals surface area (Å²) >= 11 is 0. The van der Waals surface area contributed by atoms with Gasteiger partial charge in [-0.2, -0.15) is 5.10 Å². The van der Waals surface area contributed by atoms with E-state index in [9.17, 15) is 0 Å². The number of anilines is 1. The topological polar surface area (TPSA) is 54.7 Å². The lowest BCUT2D eigenvalue weighted by atomic mass is 10.1. The molecule has 0 unspecified atom stereocenters. The molecular formula is C13H12ClN3. The van der Waals surface area contributed by atoms with Crippen molar-refractivity contribution in [2.75, 3.05) is 5.73 Å². The van der Waals surface area contributed by atoms with Gasteiger partial charge in [-0.15, -0.1) is 12.4 Å². The molecule has 4 heteroatoms. The Labute approximate surface area is 105 Å². The molecule has 0 radical (unpaired) electrons. The van der Waals surface area contributed by atoms with Crippen LogP contribution in [0.3, 0.4) is 0 Å². The molecule has 0 aliphatic carbocycles. The molecule has 3 aromatic rings. The molecule has 0 saturated heterocycles. The van der Waals surface area contributed by atoms with Crippen LogP contribution in [0.1, 0.15) is 0 Å². The molecule has 0 atom stereocenters. The summed E-state index contributed by atoms with van der Waals surface area (Å²) in [6.45, 7) is 0.